The van der Waals surface area contributed by atoms with E-state index in [9.17, 15) is 9.90 Å². The lowest BCUT2D eigenvalue weighted by Gasteiger charge is -2.18. The smallest absolute Gasteiger partial charge is 0.254 e. The summed E-state index contributed by atoms with van der Waals surface area (Å²) >= 11 is 3.20. The first-order valence-electron chi connectivity index (χ1n) is 6.27. The minimum atomic E-state index is -0.116. The van der Waals surface area contributed by atoms with Crippen LogP contribution in [0.2, 0.25) is 0 Å². The van der Waals surface area contributed by atoms with Gasteiger partial charge in [0.25, 0.3) is 5.91 Å². The number of nitrogens with zero attached hydrogens (tertiary/aromatic N) is 1. The molecule has 0 unspecified atom stereocenters. The molecule has 20 heavy (non-hydrogen) atoms. The van der Waals surface area contributed by atoms with Crippen LogP contribution in [0.4, 0.5) is 0 Å². The van der Waals surface area contributed by atoms with Crippen LogP contribution in [0.3, 0.4) is 0 Å². The second-order valence-corrected chi connectivity index (χ2v) is 5.67. The molecule has 0 bridgehead atoms. The summed E-state index contributed by atoms with van der Waals surface area (Å²) in [4.78, 5) is 13.9. The zero-order chi connectivity index (χ0) is 14.7. The lowest BCUT2D eigenvalue weighted by atomic mass is 10.1. The highest BCUT2D eigenvalue weighted by Crippen LogP contribution is 2.25. The molecule has 2 rings (SSSR count). The van der Waals surface area contributed by atoms with Gasteiger partial charge in [0.1, 0.15) is 5.75 Å². The summed E-state index contributed by atoms with van der Waals surface area (Å²) in [6, 6.07) is 12.9. The molecule has 1 N–H and O–H groups in total. The van der Waals surface area contributed by atoms with Gasteiger partial charge in [-0.25, -0.2) is 0 Å². The van der Waals surface area contributed by atoms with Crippen molar-refractivity contribution in [1.29, 1.82) is 0 Å². The first kappa shape index (κ1) is 14.6. The summed E-state index contributed by atoms with van der Waals surface area (Å²) in [5, 5.41) is 9.64. The summed E-state index contributed by atoms with van der Waals surface area (Å²) in [5.74, 6) is -0.0471. The number of aromatic hydroxyl groups is 1. The van der Waals surface area contributed by atoms with Crippen LogP contribution in [0.5, 0.6) is 5.75 Å². The first-order chi connectivity index (χ1) is 9.47. The number of carbonyl (C=O) groups is 1. The quantitative estimate of drug-likeness (QED) is 0.929. The number of halogens is 1. The molecule has 0 fully saturated rings. The Morgan fingerprint density at radius 2 is 2.00 bits per heavy atom. The minimum Gasteiger partial charge on any atom is -0.507 e. The van der Waals surface area contributed by atoms with E-state index in [-0.39, 0.29) is 11.7 Å². The number of benzene rings is 2. The van der Waals surface area contributed by atoms with E-state index in [4.69, 9.17) is 0 Å². The van der Waals surface area contributed by atoms with Crippen molar-refractivity contribution >= 4 is 21.8 Å². The second kappa shape index (κ2) is 6.09. The van der Waals surface area contributed by atoms with Crippen LogP contribution in [-0.2, 0) is 6.54 Å². The second-order valence-electron chi connectivity index (χ2n) is 4.82. The average Bonchev–Trinajstić information content (AvgIpc) is 2.41. The van der Waals surface area contributed by atoms with Crippen molar-refractivity contribution in [2.45, 2.75) is 13.5 Å². The molecule has 3 nitrogen and oxygen atoms in total. The van der Waals surface area contributed by atoms with E-state index >= 15 is 0 Å². The van der Waals surface area contributed by atoms with E-state index in [2.05, 4.69) is 22.0 Å². The fourth-order valence-electron chi connectivity index (χ4n) is 2.02. The van der Waals surface area contributed by atoms with Gasteiger partial charge in [0.05, 0.1) is 4.47 Å². The Labute approximate surface area is 127 Å². The maximum absolute atomic E-state index is 12.3. The summed E-state index contributed by atoms with van der Waals surface area (Å²) < 4.78 is 0.579. The molecule has 0 saturated carbocycles. The molecule has 0 spiro atoms. The molecule has 2 aromatic carbocycles. The van der Waals surface area contributed by atoms with Crippen molar-refractivity contribution in [2.24, 2.45) is 0 Å². The zero-order valence-electron chi connectivity index (χ0n) is 11.4. The zero-order valence-corrected chi connectivity index (χ0v) is 13.0. The Morgan fingerprint density at radius 3 is 2.65 bits per heavy atom. The molecular formula is C16H16BrNO2. The van der Waals surface area contributed by atoms with Gasteiger partial charge in [-0.1, -0.05) is 29.8 Å². The van der Waals surface area contributed by atoms with Crippen LogP contribution in [0.25, 0.3) is 0 Å². The molecule has 4 heteroatoms. The van der Waals surface area contributed by atoms with Crippen molar-refractivity contribution < 1.29 is 9.90 Å². The highest BCUT2D eigenvalue weighted by atomic mass is 79.9. The number of aryl methyl sites for hydroxylation is 1. The number of carbonyl (C=O) groups excluding carboxylic acids is 1. The minimum absolute atomic E-state index is 0.0693. The highest BCUT2D eigenvalue weighted by Gasteiger charge is 2.13. The van der Waals surface area contributed by atoms with Gasteiger partial charge in [0.15, 0.2) is 0 Å². The lowest BCUT2D eigenvalue weighted by Crippen LogP contribution is -2.26. The number of hydrogen-bond donors (Lipinski definition) is 1. The Hall–Kier alpha value is -1.81. The number of phenols is 1. The van der Waals surface area contributed by atoms with Crippen LogP contribution in [0.1, 0.15) is 21.5 Å². The summed E-state index contributed by atoms with van der Waals surface area (Å²) in [6.07, 6.45) is 0. The summed E-state index contributed by atoms with van der Waals surface area (Å²) in [6.45, 7) is 2.56. The molecule has 1 amide bonds. The molecule has 0 saturated heterocycles. The maximum Gasteiger partial charge on any atom is 0.254 e. The topological polar surface area (TPSA) is 40.5 Å². The molecule has 2 aromatic rings. The van der Waals surface area contributed by atoms with Gasteiger partial charge >= 0.3 is 0 Å². The first-order valence-corrected chi connectivity index (χ1v) is 7.06. The van der Waals surface area contributed by atoms with Gasteiger partial charge in [-0.2, -0.15) is 0 Å². The fourth-order valence-corrected chi connectivity index (χ4v) is 2.27. The highest BCUT2D eigenvalue weighted by molar-refractivity contribution is 9.10. The van der Waals surface area contributed by atoms with Crippen molar-refractivity contribution in [3.8, 4) is 5.75 Å². The number of rotatable bonds is 3. The third-order valence-corrected chi connectivity index (χ3v) is 3.71. The Kier molecular flexibility index (Phi) is 4.45. The largest absolute Gasteiger partial charge is 0.507 e. The average molecular weight is 334 g/mol. The van der Waals surface area contributed by atoms with Crippen molar-refractivity contribution in [3.63, 3.8) is 0 Å². The van der Waals surface area contributed by atoms with E-state index in [1.807, 2.05) is 25.1 Å². The predicted molar refractivity (Wildman–Crippen MR) is 82.8 cm³/mol. The molecule has 104 valence electrons. The van der Waals surface area contributed by atoms with Crippen molar-refractivity contribution in [3.05, 3.63) is 63.6 Å². The third-order valence-electron chi connectivity index (χ3n) is 3.04. The molecule has 0 aliphatic carbocycles. The Balaban J connectivity index is 2.14. The normalized spacial score (nSPS) is 10.3. The van der Waals surface area contributed by atoms with Gasteiger partial charge in [-0.15, -0.1) is 0 Å². The van der Waals surface area contributed by atoms with Gasteiger partial charge in [-0.3, -0.25) is 4.79 Å². The summed E-state index contributed by atoms with van der Waals surface area (Å²) in [5.41, 5.74) is 2.73. The third kappa shape index (κ3) is 3.39. The molecular weight excluding hydrogens is 318 g/mol. The van der Waals surface area contributed by atoms with E-state index < -0.39 is 0 Å². The van der Waals surface area contributed by atoms with E-state index in [1.165, 1.54) is 11.6 Å². The van der Waals surface area contributed by atoms with E-state index in [0.717, 1.165) is 5.56 Å². The monoisotopic (exact) mass is 333 g/mol. The standard InChI is InChI=1S/C16H16BrNO2/c1-11-4-3-5-12(8-11)10-18(2)16(20)13-6-7-14(17)15(19)9-13/h3-9,19H,10H2,1-2H3. The van der Waals surface area contributed by atoms with Crippen LogP contribution in [0.15, 0.2) is 46.9 Å². The van der Waals surface area contributed by atoms with Gasteiger partial charge in [-0.05, 0) is 46.6 Å². The molecule has 0 radical (unpaired) electrons. The summed E-state index contributed by atoms with van der Waals surface area (Å²) in [7, 11) is 1.75. The predicted octanol–water partition coefficient (Wildman–Crippen LogP) is 3.74. The molecule has 0 heterocycles. The Bertz CT molecular complexity index is 640. The van der Waals surface area contributed by atoms with E-state index in [1.54, 1.807) is 24.1 Å². The number of hydrogen-bond acceptors (Lipinski definition) is 2. The fraction of sp³-hybridized carbons (Fsp3) is 0.188. The van der Waals surface area contributed by atoms with Crippen molar-refractivity contribution in [1.82, 2.24) is 4.90 Å². The SMILES string of the molecule is Cc1cccc(CN(C)C(=O)c2ccc(Br)c(O)c2)c1. The molecule has 0 atom stereocenters. The van der Waals surface area contributed by atoms with Crippen LogP contribution in [-0.4, -0.2) is 23.0 Å². The lowest BCUT2D eigenvalue weighted by molar-refractivity contribution is 0.0784. The van der Waals surface area contributed by atoms with Crippen LogP contribution >= 0.6 is 15.9 Å². The number of amides is 1. The molecule has 0 aromatic heterocycles. The van der Waals surface area contributed by atoms with E-state index in [0.29, 0.717) is 16.6 Å². The van der Waals surface area contributed by atoms with Gasteiger partial charge in [0, 0.05) is 19.2 Å². The van der Waals surface area contributed by atoms with Crippen LogP contribution < -0.4 is 0 Å². The van der Waals surface area contributed by atoms with Gasteiger partial charge < -0.3 is 10.0 Å². The van der Waals surface area contributed by atoms with Crippen LogP contribution in [0, 0.1) is 6.92 Å². The van der Waals surface area contributed by atoms with Crippen molar-refractivity contribution in [2.75, 3.05) is 7.05 Å². The number of phenolic OH excluding ortho intramolecular Hbond substituents is 1. The molecule has 0 aliphatic rings. The molecule has 0 aliphatic heterocycles. The Morgan fingerprint density at radius 1 is 1.25 bits per heavy atom. The maximum atomic E-state index is 12.3. The van der Waals surface area contributed by atoms with Gasteiger partial charge in [0.2, 0.25) is 0 Å².